The first-order valence-corrected chi connectivity index (χ1v) is 10.2. The van der Waals surface area contributed by atoms with Gasteiger partial charge in [0.15, 0.2) is 5.69 Å². The summed E-state index contributed by atoms with van der Waals surface area (Å²) in [7, 11) is 0. The molecule has 0 bridgehead atoms. The zero-order valence-electron chi connectivity index (χ0n) is 16.8. The molecule has 1 fully saturated rings. The van der Waals surface area contributed by atoms with Gasteiger partial charge in [0.2, 0.25) is 0 Å². The number of hydrogen-bond acceptors (Lipinski definition) is 4. The number of nitrogens with one attached hydrogen (secondary N) is 3. The molecule has 2 aromatic carbocycles. The molecule has 0 aliphatic heterocycles. The normalized spacial score (nSPS) is 14.4. The quantitative estimate of drug-likeness (QED) is 0.619. The Hall–Kier alpha value is -3.48. The fraction of sp³-hybridized carbons (Fsp3) is 0.304. The van der Waals surface area contributed by atoms with Crippen LogP contribution < -0.4 is 16.2 Å². The first-order valence-electron chi connectivity index (χ1n) is 10.2. The van der Waals surface area contributed by atoms with Crippen LogP contribution in [0.25, 0.3) is 10.8 Å². The number of nitrogens with zero attached hydrogens (tertiary/aromatic N) is 1. The van der Waals surface area contributed by atoms with Crippen molar-refractivity contribution in [3.63, 3.8) is 0 Å². The maximum Gasteiger partial charge on any atom is 0.276 e. The van der Waals surface area contributed by atoms with E-state index in [1.165, 1.54) is 6.42 Å². The minimum Gasteiger partial charge on any atom is -0.349 e. The van der Waals surface area contributed by atoms with Gasteiger partial charge < -0.3 is 10.6 Å². The van der Waals surface area contributed by atoms with Crippen LogP contribution in [0.4, 0.5) is 5.69 Å². The van der Waals surface area contributed by atoms with Crippen LogP contribution >= 0.6 is 0 Å². The summed E-state index contributed by atoms with van der Waals surface area (Å²) in [5.74, 6) is -0.513. The lowest BCUT2D eigenvalue weighted by molar-refractivity contribution is 0.0927. The van der Waals surface area contributed by atoms with E-state index in [1.807, 2.05) is 6.92 Å². The number of rotatable bonds is 4. The third-order valence-electron chi connectivity index (χ3n) is 5.59. The molecule has 1 aliphatic carbocycles. The lowest BCUT2D eigenvalue weighted by atomic mass is 9.95. The maximum atomic E-state index is 12.8. The summed E-state index contributed by atoms with van der Waals surface area (Å²) < 4.78 is 0. The highest BCUT2D eigenvalue weighted by Gasteiger charge is 2.18. The molecule has 1 aliphatic rings. The molecular formula is C23H24N4O3. The van der Waals surface area contributed by atoms with E-state index in [9.17, 15) is 14.4 Å². The summed E-state index contributed by atoms with van der Waals surface area (Å²) in [6.45, 7) is 1.84. The van der Waals surface area contributed by atoms with Gasteiger partial charge in [-0.05, 0) is 49.6 Å². The summed E-state index contributed by atoms with van der Waals surface area (Å²) in [5.41, 5.74) is 1.73. The van der Waals surface area contributed by atoms with Crippen molar-refractivity contribution >= 4 is 28.3 Å². The van der Waals surface area contributed by atoms with E-state index in [0.29, 0.717) is 22.0 Å². The molecule has 7 nitrogen and oxygen atoms in total. The van der Waals surface area contributed by atoms with E-state index in [-0.39, 0.29) is 23.2 Å². The molecule has 4 rings (SSSR count). The highest BCUT2D eigenvalue weighted by atomic mass is 16.2. The van der Waals surface area contributed by atoms with Crippen molar-refractivity contribution < 1.29 is 9.59 Å². The van der Waals surface area contributed by atoms with Crippen molar-refractivity contribution in [1.82, 2.24) is 15.5 Å². The number of hydrogen-bond donors (Lipinski definition) is 3. The van der Waals surface area contributed by atoms with Crippen LogP contribution in [0.2, 0.25) is 0 Å². The number of H-pyrrole nitrogens is 1. The Morgan fingerprint density at radius 2 is 1.73 bits per heavy atom. The number of carbonyl (C=O) groups is 2. The van der Waals surface area contributed by atoms with Crippen molar-refractivity contribution in [3.05, 3.63) is 69.6 Å². The van der Waals surface area contributed by atoms with Crippen LogP contribution in [-0.4, -0.2) is 28.1 Å². The lowest BCUT2D eigenvalue weighted by Gasteiger charge is -2.23. The van der Waals surface area contributed by atoms with Gasteiger partial charge in [0.25, 0.3) is 17.4 Å². The van der Waals surface area contributed by atoms with Gasteiger partial charge >= 0.3 is 0 Å². The maximum absolute atomic E-state index is 12.8. The largest absolute Gasteiger partial charge is 0.349 e. The van der Waals surface area contributed by atoms with Crippen LogP contribution in [0.5, 0.6) is 0 Å². The Morgan fingerprint density at radius 1 is 1.00 bits per heavy atom. The van der Waals surface area contributed by atoms with Gasteiger partial charge in [-0.3, -0.25) is 14.4 Å². The molecule has 3 aromatic rings. The number of amides is 2. The number of aryl methyl sites for hydroxylation is 1. The molecule has 0 radical (unpaired) electrons. The average molecular weight is 404 g/mol. The second-order valence-corrected chi connectivity index (χ2v) is 7.74. The van der Waals surface area contributed by atoms with Crippen LogP contribution in [0.3, 0.4) is 0 Å². The third kappa shape index (κ3) is 4.10. The zero-order chi connectivity index (χ0) is 21.1. The van der Waals surface area contributed by atoms with Crippen molar-refractivity contribution in [3.8, 4) is 0 Å². The Balaban J connectivity index is 1.51. The Kier molecular flexibility index (Phi) is 5.61. The van der Waals surface area contributed by atoms with Gasteiger partial charge in [-0.25, -0.2) is 5.10 Å². The fourth-order valence-corrected chi connectivity index (χ4v) is 3.93. The van der Waals surface area contributed by atoms with E-state index in [4.69, 9.17) is 0 Å². The SMILES string of the molecule is Cc1cc(C(=O)NC2CCCCC2)ccc1NC(=O)c1n[nH]c(=O)c2ccccc12. The van der Waals surface area contributed by atoms with Crippen LogP contribution in [0, 0.1) is 6.92 Å². The molecule has 7 heteroatoms. The third-order valence-corrected chi connectivity index (χ3v) is 5.59. The summed E-state index contributed by atoms with van der Waals surface area (Å²) in [6, 6.07) is 12.3. The highest BCUT2D eigenvalue weighted by molar-refractivity contribution is 6.11. The number of aromatic amines is 1. The number of fused-ring (bicyclic) bond motifs is 1. The van der Waals surface area contributed by atoms with Gasteiger partial charge in [0, 0.05) is 22.7 Å². The van der Waals surface area contributed by atoms with Crippen molar-refractivity contribution in [2.24, 2.45) is 0 Å². The monoisotopic (exact) mass is 404 g/mol. The first-order chi connectivity index (χ1) is 14.5. The van der Waals surface area contributed by atoms with E-state index in [0.717, 1.165) is 31.2 Å². The molecule has 0 saturated heterocycles. The fourth-order valence-electron chi connectivity index (χ4n) is 3.93. The molecule has 1 aromatic heterocycles. The van der Waals surface area contributed by atoms with Gasteiger partial charge in [0.05, 0.1) is 5.39 Å². The molecule has 0 atom stereocenters. The van der Waals surface area contributed by atoms with Crippen LogP contribution in [-0.2, 0) is 0 Å². The topological polar surface area (TPSA) is 104 Å². The van der Waals surface area contributed by atoms with Gasteiger partial charge in [0.1, 0.15) is 0 Å². The zero-order valence-corrected chi connectivity index (χ0v) is 16.8. The Labute approximate surface area is 173 Å². The summed E-state index contributed by atoms with van der Waals surface area (Å²) in [6.07, 6.45) is 5.60. The van der Waals surface area contributed by atoms with Gasteiger partial charge in [-0.2, -0.15) is 5.10 Å². The smallest absolute Gasteiger partial charge is 0.276 e. The second-order valence-electron chi connectivity index (χ2n) is 7.74. The summed E-state index contributed by atoms with van der Waals surface area (Å²) in [4.78, 5) is 37.3. The van der Waals surface area contributed by atoms with Crippen molar-refractivity contribution in [2.75, 3.05) is 5.32 Å². The summed E-state index contributed by atoms with van der Waals surface area (Å²) in [5, 5.41) is 13.1. The second kappa shape index (κ2) is 8.49. The van der Waals surface area contributed by atoms with Crippen molar-refractivity contribution in [1.29, 1.82) is 0 Å². The van der Waals surface area contributed by atoms with Crippen LogP contribution in [0.1, 0.15) is 58.5 Å². The number of aromatic nitrogens is 2. The predicted molar refractivity (Wildman–Crippen MR) is 116 cm³/mol. The lowest BCUT2D eigenvalue weighted by Crippen LogP contribution is -2.36. The molecule has 30 heavy (non-hydrogen) atoms. The number of anilines is 1. The summed E-state index contributed by atoms with van der Waals surface area (Å²) >= 11 is 0. The van der Waals surface area contributed by atoms with E-state index in [1.54, 1.807) is 42.5 Å². The molecule has 0 spiro atoms. The van der Waals surface area contributed by atoms with E-state index >= 15 is 0 Å². The van der Waals surface area contributed by atoms with Crippen molar-refractivity contribution in [2.45, 2.75) is 45.1 Å². The first kappa shape index (κ1) is 19.8. The standard InChI is InChI=1S/C23H24N4O3/c1-14-13-15(21(28)24-16-7-3-2-4-8-16)11-12-19(14)25-23(30)20-17-9-5-6-10-18(17)22(29)27-26-20/h5-6,9-13,16H,2-4,7-8H2,1H3,(H,24,28)(H,25,30)(H,27,29). The highest BCUT2D eigenvalue weighted by Crippen LogP contribution is 2.21. The number of benzene rings is 2. The molecule has 1 heterocycles. The molecule has 3 N–H and O–H groups in total. The molecule has 154 valence electrons. The molecular weight excluding hydrogens is 380 g/mol. The Morgan fingerprint density at radius 3 is 2.47 bits per heavy atom. The average Bonchev–Trinajstić information content (AvgIpc) is 2.76. The minimum absolute atomic E-state index is 0.0869. The molecule has 1 saturated carbocycles. The predicted octanol–water partition coefficient (Wildman–Crippen LogP) is 3.55. The van der Waals surface area contributed by atoms with E-state index in [2.05, 4.69) is 20.8 Å². The van der Waals surface area contributed by atoms with Gasteiger partial charge in [-0.15, -0.1) is 0 Å². The molecule has 0 unspecified atom stereocenters. The number of carbonyl (C=O) groups excluding carboxylic acids is 2. The minimum atomic E-state index is -0.426. The van der Waals surface area contributed by atoms with Gasteiger partial charge in [-0.1, -0.05) is 37.5 Å². The van der Waals surface area contributed by atoms with Crippen LogP contribution in [0.15, 0.2) is 47.3 Å². The van der Waals surface area contributed by atoms with E-state index < -0.39 is 5.91 Å². The Bertz CT molecular complexity index is 1160. The molecule has 2 amide bonds.